The Morgan fingerprint density at radius 2 is 1.90 bits per heavy atom. The first-order chi connectivity index (χ1) is 10.0. The lowest BCUT2D eigenvalue weighted by Gasteiger charge is -2.04. The Kier molecular flexibility index (Phi) is 2.91. The molecule has 1 heterocycles. The Hall–Kier alpha value is -3.15. The van der Waals surface area contributed by atoms with E-state index in [1.807, 2.05) is 0 Å². The molecule has 1 aromatic heterocycles. The van der Waals surface area contributed by atoms with Crippen LogP contribution in [0, 0.1) is 10.1 Å². The van der Waals surface area contributed by atoms with Crippen molar-refractivity contribution < 1.29 is 9.34 Å². The minimum absolute atomic E-state index is 0.147. The van der Waals surface area contributed by atoms with Crippen LogP contribution in [0.1, 0.15) is 0 Å². The Bertz CT molecular complexity index is 915. The SMILES string of the molecule is Nc1cccc(-c2cc(=O)c3cc([N+](=O)[O-])ccc3o2)c1. The molecule has 104 valence electrons. The minimum atomic E-state index is -0.551. The van der Waals surface area contributed by atoms with Gasteiger partial charge in [0, 0.05) is 29.4 Å². The van der Waals surface area contributed by atoms with Gasteiger partial charge in [0.15, 0.2) is 5.43 Å². The van der Waals surface area contributed by atoms with Crippen LogP contribution in [0.5, 0.6) is 0 Å². The number of anilines is 1. The smallest absolute Gasteiger partial charge is 0.270 e. The number of nitrogens with two attached hydrogens (primary N) is 1. The van der Waals surface area contributed by atoms with Crippen molar-refractivity contribution in [3.8, 4) is 11.3 Å². The van der Waals surface area contributed by atoms with Crippen molar-refractivity contribution in [1.29, 1.82) is 0 Å². The summed E-state index contributed by atoms with van der Waals surface area (Å²) in [5.41, 5.74) is 6.75. The van der Waals surface area contributed by atoms with Gasteiger partial charge in [-0.25, -0.2) is 0 Å². The first-order valence-electron chi connectivity index (χ1n) is 6.13. The third kappa shape index (κ3) is 2.34. The molecule has 0 spiro atoms. The fourth-order valence-electron chi connectivity index (χ4n) is 2.09. The second-order valence-corrected chi connectivity index (χ2v) is 4.54. The highest BCUT2D eigenvalue weighted by atomic mass is 16.6. The van der Waals surface area contributed by atoms with E-state index < -0.39 is 4.92 Å². The molecule has 0 amide bonds. The van der Waals surface area contributed by atoms with Gasteiger partial charge in [0.1, 0.15) is 11.3 Å². The highest BCUT2D eigenvalue weighted by Gasteiger charge is 2.12. The van der Waals surface area contributed by atoms with E-state index in [0.29, 0.717) is 22.6 Å². The number of fused-ring (bicyclic) bond motifs is 1. The Balaban J connectivity index is 2.23. The summed E-state index contributed by atoms with van der Waals surface area (Å²) < 4.78 is 5.64. The van der Waals surface area contributed by atoms with Gasteiger partial charge < -0.3 is 10.2 Å². The van der Waals surface area contributed by atoms with Gasteiger partial charge in [0.25, 0.3) is 5.69 Å². The molecule has 0 unspecified atom stereocenters. The summed E-state index contributed by atoms with van der Waals surface area (Å²) in [6.45, 7) is 0. The second-order valence-electron chi connectivity index (χ2n) is 4.54. The maximum absolute atomic E-state index is 12.1. The lowest BCUT2D eigenvalue weighted by Crippen LogP contribution is -2.01. The third-order valence-corrected chi connectivity index (χ3v) is 3.09. The van der Waals surface area contributed by atoms with E-state index in [1.54, 1.807) is 24.3 Å². The monoisotopic (exact) mass is 282 g/mol. The highest BCUT2D eigenvalue weighted by Crippen LogP contribution is 2.25. The standard InChI is InChI=1S/C15H10N2O4/c16-10-3-1-2-9(6-10)15-8-13(18)12-7-11(17(19)20)4-5-14(12)21-15/h1-8H,16H2. The molecule has 2 N–H and O–H groups in total. The molecule has 0 atom stereocenters. The summed E-state index contributed by atoms with van der Waals surface area (Å²) in [6, 6.07) is 12.2. The van der Waals surface area contributed by atoms with Crippen molar-refractivity contribution in [1.82, 2.24) is 0 Å². The molecule has 3 aromatic rings. The van der Waals surface area contributed by atoms with Crippen LogP contribution in [0.15, 0.2) is 57.7 Å². The van der Waals surface area contributed by atoms with Gasteiger partial charge in [-0.2, -0.15) is 0 Å². The molecule has 3 rings (SSSR count). The van der Waals surface area contributed by atoms with E-state index in [2.05, 4.69) is 0 Å². The van der Waals surface area contributed by atoms with Gasteiger partial charge in [-0.05, 0) is 18.2 Å². The molecule has 0 aliphatic heterocycles. The molecule has 6 heteroatoms. The predicted molar refractivity (Wildman–Crippen MR) is 79.0 cm³/mol. The number of hydrogen-bond acceptors (Lipinski definition) is 5. The first kappa shape index (κ1) is 12.9. The Labute approximate surface area is 118 Å². The summed E-state index contributed by atoms with van der Waals surface area (Å²) in [4.78, 5) is 22.3. The molecule has 0 aliphatic carbocycles. The predicted octanol–water partition coefficient (Wildman–Crippen LogP) is 2.95. The maximum Gasteiger partial charge on any atom is 0.270 e. The van der Waals surface area contributed by atoms with Crippen molar-refractivity contribution in [3.05, 3.63) is 68.9 Å². The molecule has 21 heavy (non-hydrogen) atoms. The van der Waals surface area contributed by atoms with Crippen molar-refractivity contribution in [2.24, 2.45) is 0 Å². The molecule has 0 fully saturated rings. The topological polar surface area (TPSA) is 99.4 Å². The molecule has 6 nitrogen and oxygen atoms in total. The zero-order chi connectivity index (χ0) is 15.0. The van der Waals surface area contributed by atoms with E-state index in [9.17, 15) is 14.9 Å². The van der Waals surface area contributed by atoms with Crippen molar-refractivity contribution in [2.75, 3.05) is 5.73 Å². The number of hydrogen-bond donors (Lipinski definition) is 1. The third-order valence-electron chi connectivity index (χ3n) is 3.09. The summed E-state index contributed by atoms with van der Waals surface area (Å²) in [6.07, 6.45) is 0. The van der Waals surface area contributed by atoms with Crippen molar-refractivity contribution >= 4 is 22.3 Å². The lowest BCUT2D eigenvalue weighted by atomic mass is 10.1. The van der Waals surface area contributed by atoms with Crippen LogP contribution >= 0.6 is 0 Å². The fourth-order valence-corrected chi connectivity index (χ4v) is 2.09. The number of nitro benzene ring substituents is 1. The van der Waals surface area contributed by atoms with Crippen molar-refractivity contribution in [2.45, 2.75) is 0 Å². The second kappa shape index (κ2) is 4.75. The van der Waals surface area contributed by atoms with E-state index in [4.69, 9.17) is 10.2 Å². The molecule has 2 aromatic carbocycles. The van der Waals surface area contributed by atoms with E-state index in [-0.39, 0.29) is 16.5 Å². The van der Waals surface area contributed by atoms with Crippen molar-refractivity contribution in [3.63, 3.8) is 0 Å². The number of nitrogen functional groups attached to an aromatic ring is 1. The zero-order valence-electron chi connectivity index (χ0n) is 10.8. The Morgan fingerprint density at radius 3 is 2.62 bits per heavy atom. The summed E-state index contributed by atoms with van der Waals surface area (Å²) >= 11 is 0. The maximum atomic E-state index is 12.1. The molecule has 0 aliphatic rings. The number of nitro groups is 1. The van der Waals surface area contributed by atoms with Crippen LogP contribution in [0.25, 0.3) is 22.3 Å². The van der Waals surface area contributed by atoms with E-state index >= 15 is 0 Å². The average Bonchev–Trinajstić information content (AvgIpc) is 2.46. The largest absolute Gasteiger partial charge is 0.456 e. The van der Waals surface area contributed by atoms with Gasteiger partial charge in [-0.1, -0.05) is 12.1 Å². The molecule has 0 bridgehead atoms. The highest BCUT2D eigenvalue weighted by molar-refractivity contribution is 5.81. The quantitative estimate of drug-likeness (QED) is 0.442. The van der Waals surface area contributed by atoms with Crippen LogP contribution < -0.4 is 11.2 Å². The van der Waals surface area contributed by atoms with Gasteiger partial charge in [0.2, 0.25) is 0 Å². The normalized spacial score (nSPS) is 10.7. The first-order valence-corrected chi connectivity index (χ1v) is 6.13. The van der Waals surface area contributed by atoms with Crippen LogP contribution in [0.4, 0.5) is 11.4 Å². The molecule has 0 radical (unpaired) electrons. The summed E-state index contributed by atoms with van der Waals surface area (Å²) in [7, 11) is 0. The Morgan fingerprint density at radius 1 is 1.10 bits per heavy atom. The van der Waals surface area contributed by atoms with Gasteiger partial charge in [0.05, 0.1) is 10.3 Å². The molecule has 0 saturated heterocycles. The lowest BCUT2D eigenvalue weighted by molar-refractivity contribution is -0.384. The van der Waals surface area contributed by atoms with Gasteiger partial charge in [-0.3, -0.25) is 14.9 Å². The van der Waals surface area contributed by atoms with E-state index in [0.717, 1.165) is 0 Å². The number of rotatable bonds is 2. The van der Waals surface area contributed by atoms with Crippen LogP contribution in [-0.2, 0) is 0 Å². The van der Waals surface area contributed by atoms with Crippen LogP contribution in [0.3, 0.4) is 0 Å². The number of benzene rings is 2. The molecular formula is C15H10N2O4. The zero-order valence-corrected chi connectivity index (χ0v) is 10.8. The number of non-ortho nitro benzene ring substituents is 1. The average molecular weight is 282 g/mol. The molecule has 0 saturated carbocycles. The van der Waals surface area contributed by atoms with Crippen LogP contribution in [-0.4, -0.2) is 4.92 Å². The summed E-state index contributed by atoms with van der Waals surface area (Å²) in [5, 5.41) is 10.9. The fraction of sp³-hybridized carbons (Fsp3) is 0. The van der Waals surface area contributed by atoms with Crippen LogP contribution in [0.2, 0.25) is 0 Å². The van der Waals surface area contributed by atoms with E-state index in [1.165, 1.54) is 24.3 Å². The summed E-state index contributed by atoms with van der Waals surface area (Å²) in [5.74, 6) is 0.369. The number of nitrogens with zero attached hydrogens (tertiary/aromatic N) is 1. The molecular weight excluding hydrogens is 272 g/mol. The van der Waals surface area contributed by atoms with Gasteiger partial charge in [-0.15, -0.1) is 0 Å². The minimum Gasteiger partial charge on any atom is -0.456 e. The van der Waals surface area contributed by atoms with Gasteiger partial charge >= 0.3 is 0 Å².